The molecule has 0 aliphatic carbocycles. The summed E-state index contributed by atoms with van der Waals surface area (Å²) in [5, 5.41) is 2.67. The molecule has 0 spiro atoms. The zero-order valence-corrected chi connectivity index (χ0v) is 13.1. The fourth-order valence-electron chi connectivity index (χ4n) is 1.78. The summed E-state index contributed by atoms with van der Waals surface area (Å²) in [6.45, 7) is 0. The summed E-state index contributed by atoms with van der Waals surface area (Å²) in [6, 6.07) is 15.8. The molecule has 2 aromatic carbocycles. The van der Waals surface area contributed by atoms with Crippen molar-refractivity contribution in [3.05, 3.63) is 48.5 Å². The van der Waals surface area contributed by atoms with E-state index < -0.39 is 10.7 Å². The molecule has 0 bridgehead atoms. The number of thioether (sulfide) groups is 1. The largest absolute Gasteiger partial charge is 0.324 e. The van der Waals surface area contributed by atoms with Crippen LogP contribution in [0.1, 0.15) is 0 Å². The first kappa shape index (κ1) is 15.2. The lowest BCUT2D eigenvalue weighted by molar-refractivity contribution is -0.114. The predicted molar refractivity (Wildman–Crippen MR) is 87.8 cm³/mol. The Morgan fingerprint density at radius 3 is 2.40 bits per heavy atom. The van der Waals surface area contributed by atoms with Gasteiger partial charge in [-0.05, 0) is 41.6 Å². The van der Waals surface area contributed by atoms with Gasteiger partial charge in [0, 0.05) is 10.6 Å². The van der Waals surface area contributed by atoms with E-state index in [1.165, 1.54) is 4.90 Å². The lowest BCUT2D eigenvalue weighted by Gasteiger charge is -2.08. The highest BCUT2D eigenvalue weighted by molar-refractivity contribution is 7.98. The molecule has 20 heavy (non-hydrogen) atoms. The van der Waals surface area contributed by atoms with Crippen molar-refractivity contribution in [3.63, 3.8) is 0 Å². The van der Waals surface area contributed by atoms with E-state index >= 15 is 0 Å². The molecule has 2 rings (SSSR count). The van der Waals surface area contributed by atoms with Crippen molar-refractivity contribution in [1.82, 2.24) is 0 Å². The van der Waals surface area contributed by atoms with E-state index in [2.05, 4.69) is 17.4 Å². The van der Waals surface area contributed by atoms with Crippen molar-refractivity contribution < 1.29 is 4.79 Å². The number of amides is 1. The number of carbonyl (C=O) groups is 1. The molecule has 0 saturated heterocycles. The Labute approximate surface area is 132 Å². The Hall–Kier alpha value is -1.16. The Kier molecular flexibility index (Phi) is 5.35. The van der Waals surface area contributed by atoms with Crippen LogP contribution in [0.15, 0.2) is 53.4 Å². The molecule has 0 unspecified atom stereocenters. The van der Waals surface area contributed by atoms with E-state index in [0.29, 0.717) is 5.69 Å². The second-order valence-corrected chi connectivity index (χ2v) is 6.08. The molecule has 0 aromatic heterocycles. The van der Waals surface area contributed by atoms with Crippen LogP contribution < -0.4 is 5.32 Å². The van der Waals surface area contributed by atoms with Gasteiger partial charge in [0.2, 0.25) is 0 Å². The number of hydrogen-bond donors (Lipinski definition) is 1. The second kappa shape index (κ2) is 7.02. The second-order valence-electron chi connectivity index (χ2n) is 4.10. The van der Waals surface area contributed by atoms with Crippen LogP contribution in [0.3, 0.4) is 0 Å². The van der Waals surface area contributed by atoms with Crippen molar-refractivity contribution in [2.24, 2.45) is 0 Å². The van der Waals surface area contributed by atoms with E-state index in [9.17, 15) is 4.79 Å². The van der Waals surface area contributed by atoms with Crippen molar-refractivity contribution in [2.45, 2.75) is 9.73 Å². The Bertz CT molecular complexity index is 616. The van der Waals surface area contributed by atoms with Crippen LogP contribution in [0.4, 0.5) is 5.69 Å². The van der Waals surface area contributed by atoms with Gasteiger partial charge < -0.3 is 5.32 Å². The molecule has 1 amide bonds. The molecule has 0 radical (unpaired) electrons. The predicted octanol–water partition coefficient (Wildman–Crippen LogP) is 4.82. The minimum Gasteiger partial charge on any atom is -0.324 e. The highest BCUT2D eigenvalue weighted by Gasteiger charge is 2.11. The summed E-state index contributed by atoms with van der Waals surface area (Å²) in [6.07, 6.45) is 2.04. The smallest absolute Gasteiger partial charge is 0.257 e. The molecule has 2 nitrogen and oxygen atoms in total. The van der Waals surface area contributed by atoms with Crippen molar-refractivity contribution >= 4 is 46.6 Å². The van der Waals surface area contributed by atoms with Crippen molar-refractivity contribution in [3.8, 4) is 11.1 Å². The van der Waals surface area contributed by atoms with Gasteiger partial charge in [-0.15, -0.1) is 11.8 Å². The normalized spacial score (nSPS) is 10.6. The third-order valence-corrected chi connectivity index (χ3v) is 3.85. The van der Waals surface area contributed by atoms with Gasteiger partial charge in [0.05, 0.1) is 0 Å². The molecular formula is C15H13Cl2NOS. The van der Waals surface area contributed by atoms with E-state index in [-0.39, 0.29) is 0 Å². The number of carbonyl (C=O) groups excluding carboxylic acids is 1. The quantitative estimate of drug-likeness (QED) is 0.645. The van der Waals surface area contributed by atoms with Gasteiger partial charge in [-0.2, -0.15) is 0 Å². The standard InChI is InChI=1S/C15H13Cl2NOS/c1-20-13-7-3-5-11(9-13)10-4-2-6-12(8-10)18-15(19)14(16)17/h2-9,14H,1H3,(H,18,19). The zero-order valence-electron chi connectivity index (χ0n) is 10.8. The van der Waals surface area contributed by atoms with Crippen LogP contribution in [-0.2, 0) is 4.79 Å². The summed E-state index contributed by atoms with van der Waals surface area (Å²) >= 11 is 12.7. The molecule has 2 aromatic rings. The Balaban J connectivity index is 2.27. The van der Waals surface area contributed by atoms with E-state index in [1.54, 1.807) is 17.8 Å². The van der Waals surface area contributed by atoms with Crippen molar-refractivity contribution in [1.29, 1.82) is 0 Å². The summed E-state index contributed by atoms with van der Waals surface area (Å²) in [5.74, 6) is -0.427. The average molecular weight is 326 g/mol. The fraction of sp³-hybridized carbons (Fsp3) is 0.133. The highest BCUT2D eigenvalue weighted by Crippen LogP contribution is 2.26. The maximum Gasteiger partial charge on any atom is 0.257 e. The van der Waals surface area contributed by atoms with Crippen LogP contribution in [0.25, 0.3) is 11.1 Å². The lowest BCUT2D eigenvalue weighted by Crippen LogP contribution is -2.18. The van der Waals surface area contributed by atoms with E-state index in [4.69, 9.17) is 23.2 Å². The maximum atomic E-state index is 11.5. The maximum absolute atomic E-state index is 11.5. The molecule has 0 atom stereocenters. The van der Waals surface area contributed by atoms with Crippen LogP contribution >= 0.6 is 35.0 Å². The topological polar surface area (TPSA) is 29.1 Å². The summed E-state index contributed by atoms with van der Waals surface area (Å²) in [5.41, 5.74) is 2.80. The molecule has 0 saturated carbocycles. The minimum atomic E-state index is -1.07. The molecule has 1 N–H and O–H groups in total. The van der Waals surface area contributed by atoms with E-state index in [1.807, 2.05) is 36.6 Å². The van der Waals surface area contributed by atoms with Gasteiger partial charge in [0.1, 0.15) is 0 Å². The zero-order chi connectivity index (χ0) is 14.5. The van der Waals surface area contributed by atoms with E-state index in [0.717, 1.165) is 11.1 Å². The van der Waals surface area contributed by atoms with Crippen LogP contribution in [-0.4, -0.2) is 17.0 Å². The number of nitrogens with one attached hydrogen (secondary N) is 1. The Morgan fingerprint density at radius 1 is 1.10 bits per heavy atom. The van der Waals surface area contributed by atoms with Crippen LogP contribution in [0.5, 0.6) is 0 Å². The number of benzene rings is 2. The number of halogens is 2. The molecule has 0 fully saturated rings. The SMILES string of the molecule is CSc1cccc(-c2cccc(NC(=O)C(Cl)Cl)c2)c1. The highest BCUT2D eigenvalue weighted by atomic mass is 35.5. The molecule has 104 valence electrons. The fourth-order valence-corrected chi connectivity index (χ4v) is 2.34. The minimum absolute atomic E-state index is 0.427. The first-order chi connectivity index (χ1) is 9.60. The summed E-state index contributed by atoms with van der Waals surface area (Å²) < 4.78 is 0. The number of hydrogen-bond acceptors (Lipinski definition) is 2. The molecule has 0 aliphatic rings. The molecule has 5 heteroatoms. The number of anilines is 1. The first-order valence-corrected chi connectivity index (χ1v) is 8.03. The third kappa shape index (κ3) is 3.92. The lowest BCUT2D eigenvalue weighted by atomic mass is 10.1. The molecule has 0 aliphatic heterocycles. The van der Waals surface area contributed by atoms with Gasteiger partial charge in [0.15, 0.2) is 4.84 Å². The van der Waals surface area contributed by atoms with Gasteiger partial charge in [-0.3, -0.25) is 4.79 Å². The number of alkyl halides is 2. The van der Waals surface area contributed by atoms with Crippen LogP contribution in [0.2, 0.25) is 0 Å². The summed E-state index contributed by atoms with van der Waals surface area (Å²) in [7, 11) is 0. The Morgan fingerprint density at radius 2 is 1.75 bits per heavy atom. The monoisotopic (exact) mass is 325 g/mol. The first-order valence-electron chi connectivity index (χ1n) is 5.93. The molecular weight excluding hydrogens is 313 g/mol. The average Bonchev–Trinajstić information content (AvgIpc) is 2.47. The van der Waals surface area contributed by atoms with Gasteiger partial charge in [-0.1, -0.05) is 47.5 Å². The van der Waals surface area contributed by atoms with Gasteiger partial charge in [-0.25, -0.2) is 0 Å². The number of rotatable bonds is 4. The van der Waals surface area contributed by atoms with Gasteiger partial charge in [0.25, 0.3) is 5.91 Å². The third-order valence-electron chi connectivity index (χ3n) is 2.73. The summed E-state index contributed by atoms with van der Waals surface area (Å²) in [4.78, 5) is 11.6. The molecule has 0 heterocycles. The van der Waals surface area contributed by atoms with Crippen molar-refractivity contribution in [2.75, 3.05) is 11.6 Å². The van der Waals surface area contributed by atoms with Crippen LogP contribution in [0, 0.1) is 0 Å². The van der Waals surface area contributed by atoms with Gasteiger partial charge >= 0.3 is 0 Å².